The van der Waals surface area contributed by atoms with Crippen LogP contribution in [0.3, 0.4) is 0 Å². The molecule has 0 radical (unpaired) electrons. The Morgan fingerprint density at radius 1 is 0.889 bits per heavy atom. The van der Waals surface area contributed by atoms with Gasteiger partial charge in [-0.15, -0.1) is 0 Å². The highest BCUT2D eigenvalue weighted by Gasteiger charge is 2.50. The minimum absolute atomic E-state index is 0.195. The Hall–Kier alpha value is -1.36. The summed E-state index contributed by atoms with van der Waals surface area (Å²) in [6.45, 7) is 3.50. The molecule has 4 atom stereocenters. The van der Waals surface area contributed by atoms with Gasteiger partial charge in [-0.25, -0.2) is 0 Å². The van der Waals surface area contributed by atoms with Crippen molar-refractivity contribution in [3.05, 3.63) is 23.0 Å². The van der Waals surface area contributed by atoms with Gasteiger partial charge in [0.15, 0.2) is 11.5 Å². The molecule has 0 aromatic heterocycles. The molecule has 27 heavy (non-hydrogen) atoms. The lowest BCUT2D eigenvalue weighted by Gasteiger charge is -2.21. The topological polar surface area (TPSA) is 101 Å². The van der Waals surface area contributed by atoms with Crippen molar-refractivity contribution in [3.8, 4) is 0 Å². The Kier molecular flexibility index (Phi) is 8.33. The van der Waals surface area contributed by atoms with Crippen molar-refractivity contribution in [1.82, 2.24) is 0 Å². The summed E-state index contributed by atoms with van der Waals surface area (Å²) >= 11 is 0. The minimum atomic E-state index is -0.853. The summed E-state index contributed by atoms with van der Waals surface area (Å²) in [6, 6.07) is 0. The lowest BCUT2D eigenvalue weighted by Crippen LogP contribution is -2.07. The van der Waals surface area contributed by atoms with Crippen molar-refractivity contribution in [2.24, 2.45) is 29.6 Å². The van der Waals surface area contributed by atoms with E-state index in [2.05, 4.69) is 13.8 Å². The first-order valence-corrected chi connectivity index (χ1v) is 10.7. The molecular formula is C22H38O5. The molecule has 5 heteroatoms. The maximum absolute atomic E-state index is 10.1. The van der Waals surface area contributed by atoms with Gasteiger partial charge in [0, 0.05) is 6.42 Å². The fourth-order valence-electron chi connectivity index (χ4n) is 5.30. The fraction of sp³-hybridized carbons (Fsp3) is 0.818. The normalized spacial score (nSPS) is 29.1. The van der Waals surface area contributed by atoms with Gasteiger partial charge in [-0.1, -0.05) is 65.2 Å². The zero-order valence-corrected chi connectivity index (χ0v) is 16.9. The number of rotatable bonds is 10. The van der Waals surface area contributed by atoms with Gasteiger partial charge in [0.2, 0.25) is 5.76 Å². The first-order chi connectivity index (χ1) is 12.9. The Bertz CT molecular complexity index is 533. The van der Waals surface area contributed by atoms with Crippen LogP contribution < -0.4 is 0 Å². The molecule has 0 aromatic carbocycles. The van der Waals surface area contributed by atoms with Crippen molar-refractivity contribution in [2.75, 3.05) is 6.61 Å². The van der Waals surface area contributed by atoms with Crippen LogP contribution in [-0.4, -0.2) is 32.1 Å². The fourth-order valence-corrected chi connectivity index (χ4v) is 5.30. The van der Waals surface area contributed by atoms with E-state index in [0.717, 1.165) is 12.3 Å². The van der Waals surface area contributed by atoms with Gasteiger partial charge < -0.3 is 25.5 Å². The van der Waals surface area contributed by atoms with Gasteiger partial charge in [0.1, 0.15) is 12.4 Å². The predicted octanol–water partition coefficient (Wildman–Crippen LogP) is 5.68. The van der Waals surface area contributed by atoms with Crippen LogP contribution in [0.25, 0.3) is 0 Å². The average Bonchev–Trinajstić information content (AvgIpc) is 3.40. The summed E-state index contributed by atoms with van der Waals surface area (Å²) in [4.78, 5) is 0. The van der Waals surface area contributed by atoms with E-state index < -0.39 is 23.9 Å². The Balaban J connectivity index is 1.84. The lowest BCUT2D eigenvalue weighted by atomic mass is 9.85. The third kappa shape index (κ3) is 5.81. The third-order valence-electron chi connectivity index (χ3n) is 6.84. The largest absolute Gasteiger partial charge is 0.508 e. The summed E-state index contributed by atoms with van der Waals surface area (Å²) in [5.41, 5.74) is 0. The van der Waals surface area contributed by atoms with Gasteiger partial charge >= 0.3 is 0 Å². The Morgan fingerprint density at radius 2 is 1.52 bits per heavy atom. The molecule has 2 rings (SSSR count). The van der Waals surface area contributed by atoms with Gasteiger partial charge in [-0.3, -0.25) is 0 Å². The molecule has 0 aliphatic heterocycles. The van der Waals surface area contributed by atoms with Crippen LogP contribution in [0.4, 0.5) is 0 Å². The van der Waals surface area contributed by atoms with Gasteiger partial charge in [0.05, 0.1) is 0 Å². The van der Waals surface area contributed by atoms with Crippen molar-refractivity contribution in [3.63, 3.8) is 0 Å². The van der Waals surface area contributed by atoms with E-state index in [1.165, 1.54) is 51.4 Å². The second-order valence-electron chi connectivity index (χ2n) is 8.68. The molecule has 0 spiro atoms. The second-order valence-corrected chi connectivity index (χ2v) is 8.68. The van der Waals surface area contributed by atoms with E-state index in [0.29, 0.717) is 17.8 Å². The summed E-state index contributed by atoms with van der Waals surface area (Å²) < 4.78 is 0. The quantitative estimate of drug-likeness (QED) is 0.247. The molecule has 2 saturated carbocycles. The summed E-state index contributed by atoms with van der Waals surface area (Å²) in [5.74, 6) is 0.355. The van der Waals surface area contributed by atoms with Crippen LogP contribution in [0, 0.1) is 29.6 Å². The molecule has 4 unspecified atom stereocenters. The van der Waals surface area contributed by atoms with Gasteiger partial charge in [0.25, 0.3) is 0 Å². The molecule has 0 amide bonds. The van der Waals surface area contributed by atoms with Crippen molar-refractivity contribution in [1.29, 1.82) is 0 Å². The summed E-state index contributed by atoms with van der Waals surface area (Å²) in [6.07, 6.45) is 12.3. The number of aliphatic hydroxyl groups is 5. The monoisotopic (exact) mass is 382 g/mol. The predicted molar refractivity (Wildman–Crippen MR) is 107 cm³/mol. The molecule has 2 aliphatic rings. The Labute approximate surface area is 163 Å². The van der Waals surface area contributed by atoms with E-state index in [1.807, 2.05) is 0 Å². The number of hydrogen-bond donors (Lipinski definition) is 5. The molecule has 156 valence electrons. The van der Waals surface area contributed by atoms with E-state index in [4.69, 9.17) is 5.11 Å². The highest BCUT2D eigenvalue weighted by Crippen LogP contribution is 2.56. The first kappa shape index (κ1) is 21.9. The van der Waals surface area contributed by atoms with Crippen molar-refractivity contribution < 1.29 is 25.5 Å². The van der Waals surface area contributed by atoms with Crippen LogP contribution in [-0.2, 0) is 0 Å². The molecule has 0 saturated heterocycles. The van der Waals surface area contributed by atoms with Crippen LogP contribution in [0.15, 0.2) is 23.0 Å². The maximum atomic E-state index is 10.1. The number of aliphatic hydroxyl groups excluding tert-OH is 5. The third-order valence-corrected chi connectivity index (χ3v) is 6.84. The minimum Gasteiger partial charge on any atom is -0.508 e. The maximum Gasteiger partial charge on any atom is 0.201 e. The van der Waals surface area contributed by atoms with Crippen LogP contribution in [0.5, 0.6) is 0 Å². The van der Waals surface area contributed by atoms with E-state index in [9.17, 15) is 20.4 Å². The zero-order chi connectivity index (χ0) is 20.0. The number of allylic oxidation sites excluding steroid dienone is 1. The molecule has 0 bridgehead atoms. The second kappa shape index (κ2) is 10.3. The molecule has 2 fully saturated rings. The molecule has 0 heterocycles. The zero-order valence-electron chi connectivity index (χ0n) is 16.9. The molecule has 5 N–H and O–H groups in total. The van der Waals surface area contributed by atoms with Crippen molar-refractivity contribution in [2.45, 2.75) is 78.1 Å². The highest BCUT2D eigenvalue weighted by molar-refractivity contribution is 5.23. The average molecular weight is 383 g/mol. The van der Waals surface area contributed by atoms with Crippen LogP contribution in [0.2, 0.25) is 0 Å². The van der Waals surface area contributed by atoms with Gasteiger partial charge in [-0.05, 0) is 36.0 Å². The van der Waals surface area contributed by atoms with E-state index >= 15 is 0 Å². The smallest absolute Gasteiger partial charge is 0.201 e. The SMILES string of the molecule is CCC1C(CCCC2CCCCC2)C1C(C)C/C(O)=C(O)\C(O)=C(\O)CO. The molecule has 2 aliphatic carbocycles. The van der Waals surface area contributed by atoms with E-state index in [-0.39, 0.29) is 18.1 Å². The molecule has 0 aromatic rings. The van der Waals surface area contributed by atoms with Crippen LogP contribution >= 0.6 is 0 Å². The summed E-state index contributed by atoms with van der Waals surface area (Å²) in [5, 5.41) is 47.7. The van der Waals surface area contributed by atoms with Crippen molar-refractivity contribution >= 4 is 0 Å². The summed E-state index contributed by atoms with van der Waals surface area (Å²) in [7, 11) is 0. The standard InChI is InChI=1S/C22H38O5/c1-3-16-17(11-7-10-15-8-5-4-6-9-15)20(16)14(2)12-18(24)21(26)22(27)19(25)13-23/h14-17,20,23-27H,3-13H2,1-2H3/b21-18-,22-19-. The lowest BCUT2D eigenvalue weighted by molar-refractivity contribution is 0.207. The Morgan fingerprint density at radius 3 is 2.11 bits per heavy atom. The first-order valence-electron chi connectivity index (χ1n) is 10.7. The molecular weight excluding hydrogens is 344 g/mol. The highest BCUT2D eigenvalue weighted by atomic mass is 16.4. The number of hydrogen-bond acceptors (Lipinski definition) is 5. The van der Waals surface area contributed by atoms with E-state index in [1.54, 1.807) is 0 Å². The van der Waals surface area contributed by atoms with Crippen LogP contribution in [0.1, 0.15) is 78.1 Å². The molecule has 5 nitrogen and oxygen atoms in total. The van der Waals surface area contributed by atoms with Gasteiger partial charge in [-0.2, -0.15) is 0 Å².